The highest BCUT2D eigenvalue weighted by atomic mass is 35.5. The minimum Gasteiger partial charge on any atom is -0.495 e. The first kappa shape index (κ1) is 18.1. The summed E-state index contributed by atoms with van der Waals surface area (Å²) in [5.74, 6) is 1.15. The Morgan fingerprint density at radius 1 is 1.17 bits per heavy atom. The van der Waals surface area contributed by atoms with E-state index in [4.69, 9.17) is 21.1 Å². The van der Waals surface area contributed by atoms with Crippen LogP contribution in [-0.4, -0.2) is 26.2 Å². The number of benzene rings is 2. The van der Waals surface area contributed by atoms with Crippen molar-refractivity contribution in [2.45, 2.75) is 19.8 Å². The minimum atomic E-state index is -0.193. The van der Waals surface area contributed by atoms with Crippen molar-refractivity contribution in [3.63, 3.8) is 0 Å². The molecule has 5 heteroatoms. The van der Waals surface area contributed by atoms with Gasteiger partial charge in [-0.2, -0.15) is 0 Å². The SMILES string of the molecule is CCCc1ccc(OCCNC(=O)c2ccc(OC)c(Cl)c2)cc1. The summed E-state index contributed by atoms with van der Waals surface area (Å²) in [7, 11) is 1.53. The van der Waals surface area contributed by atoms with Crippen LogP contribution in [0.3, 0.4) is 0 Å². The van der Waals surface area contributed by atoms with E-state index < -0.39 is 0 Å². The maximum Gasteiger partial charge on any atom is 0.251 e. The van der Waals surface area contributed by atoms with Crippen LogP contribution < -0.4 is 14.8 Å². The lowest BCUT2D eigenvalue weighted by molar-refractivity contribution is 0.0947. The van der Waals surface area contributed by atoms with Crippen LogP contribution in [0.2, 0.25) is 5.02 Å². The molecule has 0 aliphatic carbocycles. The van der Waals surface area contributed by atoms with Gasteiger partial charge >= 0.3 is 0 Å². The maximum absolute atomic E-state index is 12.1. The molecule has 0 unspecified atom stereocenters. The first-order valence-electron chi connectivity index (χ1n) is 7.97. The van der Waals surface area contributed by atoms with Gasteiger partial charge in [0.1, 0.15) is 18.1 Å². The van der Waals surface area contributed by atoms with Crippen LogP contribution in [0.1, 0.15) is 29.3 Å². The third-order valence-electron chi connectivity index (χ3n) is 3.53. The zero-order valence-corrected chi connectivity index (χ0v) is 14.7. The Morgan fingerprint density at radius 3 is 2.54 bits per heavy atom. The molecule has 0 saturated heterocycles. The molecule has 0 saturated carbocycles. The van der Waals surface area contributed by atoms with Crippen molar-refractivity contribution < 1.29 is 14.3 Å². The van der Waals surface area contributed by atoms with Crippen LogP contribution in [0.25, 0.3) is 0 Å². The molecule has 0 atom stereocenters. The Hall–Kier alpha value is -2.20. The lowest BCUT2D eigenvalue weighted by atomic mass is 10.1. The van der Waals surface area contributed by atoms with E-state index in [0.717, 1.165) is 18.6 Å². The maximum atomic E-state index is 12.1. The van der Waals surface area contributed by atoms with E-state index in [2.05, 4.69) is 24.4 Å². The quantitative estimate of drug-likeness (QED) is 0.731. The molecule has 0 aromatic heterocycles. The second-order valence-electron chi connectivity index (χ2n) is 5.35. The van der Waals surface area contributed by atoms with E-state index in [0.29, 0.717) is 29.5 Å². The number of carbonyl (C=O) groups excluding carboxylic acids is 1. The average Bonchev–Trinajstić information content (AvgIpc) is 2.60. The average molecular weight is 348 g/mol. The zero-order chi connectivity index (χ0) is 17.4. The van der Waals surface area contributed by atoms with Gasteiger partial charge in [-0.3, -0.25) is 4.79 Å². The van der Waals surface area contributed by atoms with Crippen molar-refractivity contribution in [2.24, 2.45) is 0 Å². The molecule has 2 rings (SSSR count). The van der Waals surface area contributed by atoms with Crippen molar-refractivity contribution in [2.75, 3.05) is 20.3 Å². The fourth-order valence-electron chi connectivity index (χ4n) is 2.28. The first-order chi connectivity index (χ1) is 11.6. The summed E-state index contributed by atoms with van der Waals surface area (Å²) in [5, 5.41) is 3.21. The Morgan fingerprint density at radius 2 is 1.92 bits per heavy atom. The van der Waals surface area contributed by atoms with Gasteiger partial charge in [0.15, 0.2) is 0 Å². The van der Waals surface area contributed by atoms with Gasteiger partial charge in [0, 0.05) is 5.56 Å². The van der Waals surface area contributed by atoms with E-state index in [1.807, 2.05) is 12.1 Å². The highest BCUT2D eigenvalue weighted by Crippen LogP contribution is 2.24. The van der Waals surface area contributed by atoms with Crippen molar-refractivity contribution in [1.82, 2.24) is 5.32 Å². The minimum absolute atomic E-state index is 0.193. The van der Waals surface area contributed by atoms with E-state index in [-0.39, 0.29) is 5.91 Å². The Labute approximate surface area is 147 Å². The predicted molar refractivity (Wildman–Crippen MR) is 96.3 cm³/mol. The molecule has 0 spiro atoms. The molecule has 2 aromatic rings. The normalized spacial score (nSPS) is 10.3. The van der Waals surface area contributed by atoms with Gasteiger partial charge in [0.25, 0.3) is 5.91 Å². The third kappa shape index (κ3) is 5.17. The van der Waals surface area contributed by atoms with Crippen molar-refractivity contribution in [1.29, 1.82) is 0 Å². The molecule has 0 heterocycles. The van der Waals surface area contributed by atoms with E-state index >= 15 is 0 Å². The molecule has 0 radical (unpaired) electrons. The molecule has 1 N–H and O–H groups in total. The number of amides is 1. The van der Waals surface area contributed by atoms with Gasteiger partial charge in [-0.15, -0.1) is 0 Å². The highest BCUT2D eigenvalue weighted by molar-refractivity contribution is 6.32. The summed E-state index contributed by atoms with van der Waals surface area (Å²) in [6, 6.07) is 13.0. The van der Waals surface area contributed by atoms with Crippen LogP contribution >= 0.6 is 11.6 Å². The number of methoxy groups -OCH3 is 1. The summed E-state index contributed by atoms with van der Waals surface area (Å²) < 4.78 is 10.7. The smallest absolute Gasteiger partial charge is 0.251 e. The molecule has 0 fully saturated rings. The topological polar surface area (TPSA) is 47.6 Å². The van der Waals surface area contributed by atoms with E-state index in [1.165, 1.54) is 12.7 Å². The fourth-order valence-corrected chi connectivity index (χ4v) is 2.54. The van der Waals surface area contributed by atoms with Crippen molar-refractivity contribution >= 4 is 17.5 Å². The first-order valence-corrected chi connectivity index (χ1v) is 8.35. The zero-order valence-electron chi connectivity index (χ0n) is 14.0. The largest absolute Gasteiger partial charge is 0.495 e. The van der Waals surface area contributed by atoms with Crippen LogP contribution in [0.5, 0.6) is 11.5 Å². The molecular weight excluding hydrogens is 326 g/mol. The fraction of sp³-hybridized carbons (Fsp3) is 0.316. The van der Waals surface area contributed by atoms with E-state index in [1.54, 1.807) is 18.2 Å². The number of ether oxygens (including phenoxy) is 2. The molecule has 0 aliphatic rings. The highest BCUT2D eigenvalue weighted by Gasteiger charge is 2.08. The Kier molecular flexibility index (Phi) is 6.94. The van der Waals surface area contributed by atoms with Gasteiger partial charge in [0.2, 0.25) is 0 Å². The number of aryl methyl sites for hydroxylation is 1. The Bertz CT molecular complexity index is 671. The predicted octanol–water partition coefficient (Wildman–Crippen LogP) is 4.11. The molecule has 2 aromatic carbocycles. The second kappa shape index (κ2) is 9.18. The molecule has 24 heavy (non-hydrogen) atoms. The summed E-state index contributed by atoms with van der Waals surface area (Å²) in [6.45, 7) is 2.98. The standard InChI is InChI=1S/C19H22ClNO3/c1-3-4-14-5-8-16(9-6-14)24-12-11-21-19(22)15-7-10-18(23-2)17(20)13-15/h5-10,13H,3-4,11-12H2,1-2H3,(H,21,22). The van der Waals surface area contributed by atoms with Gasteiger partial charge in [-0.25, -0.2) is 0 Å². The van der Waals surface area contributed by atoms with Crippen LogP contribution in [-0.2, 0) is 6.42 Å². The molecule has 0 bridgehead atoms. The van der Waals surface area contributed by atoms with Crippen molar-refractivity contribution in [3.8, 4) is 11.5 Å². The number of rotatable bonds is 8. The van der Waals surface area contributed by atoms with Gasteiger partial charge in [0.05, 0.1) is 18.7 Å². The Balaban J connectivity index is 1.77. The number of nitrogens with one attached hydrogen (secondary N) is 1. The van der Waals surface area contributed by atoms with Crippen LogP contribution in [0, 0.1) is 0 Å². The van der Waals surface area contributed by atoms with Gasteiger partial charge < -0.3 is 14.8 Å². The summed E-state index contributed by atoms with van der Waals surface area (Å²) in [4.78, 5) is 12.1. The third-order valence-corrected chi connectivity index (χ3v) is 3.83. The summed E-state index contributed by atoms with van der Waals surface area (Å²) in [6.07, 6.45) is 2.20. The molecular formula is C19H22ClNO3. The summed E-state index contributed by atoms with van der Waals surface area (Å²) >= 11 is 6.02. The number of hydrogen-bond donors (Lipinski definition) is 1. The molecule has 1 amide bonds. The van der Waals surface area contributed by atoms with Gasteiger partial charge in [-0.05, 0) is 42.3 Å². The number of halogens is 1. The monoisotopic (exact) mass is 347 g/mol. The van der Waals surface area contributed by atoms with E-state index in [9.17, 15) is 4.79 Å². The molecule has 0 aliphatic heterocycles. The lowest BCUT2D eigenvalue weighted by Gasteiger charge is -2.09. The van der Waals surface area contributed by atoms with Crippen LogP contribution in [0.4, 0.5) is 0 Å². The number of hydrogen-bond acceptors (Lipinski definition) is 3. The number of carbonyl (C=O) groups is 1. The van der Waals surface area contributed by atoms with Crippen LogP contribution in [0.15, 0.2) is 42.5 Å². The lowest BCUT2D eigenvalue weighted by Crippen LogP contribution is -2.28. The van der Waals surface area contributed by atoms with Crippen molar-refractivity contribution in [3.05, 3.63) is 58.6 Å². The van der Waals surface area contributed by atoms with Gasteiger partial charge in [-0.1, -0.05) is 37.1 Å². The second-order valence-corrected chi connectivity index (χ2v) is 5.75. The summed E-state index contributed by atoms with van der Waals surface area (Å²) in [5.41, 5.74) is 1.79. The molecule has 4 nitrogen and oxygen atoms in total. The molecule has 128 valence electrons.